The highest BCUT2D eigenvalue weighted by Gasteiger charge is 2.21. The minimum Gasteiger partial charge on any atom is -0.465 e. The average molecular weight is 277 g/mol. The molecule has 0 unspecified atom stereocenters. The van der Waals surface area contributed by atoms with Crippen LogP contribution in [-0.4, -0.2) is 19.0 Å². The van der Waals surface area contributed by atoms with E-state index < -0.39 is 0 Å². The van der Waals surface area contributed by atoms with Gasteiger partial charge in [0.2, 0.25) is 5.91 Å². The second kappa shape index (κ2) is 6.55. The van der Waals surface area contributed by atoms with Gasteiger partial charge in [0.25, 0.3) is 0 Å². The van der Waals surface area contributed by atoms with E-state index in [1.54, 1.807) is 12.1 Å². The maximum atomic E-state index is 11.4. The largest absolute Gasteiger partial charge is 0.465 e. The van der Waals surface area contributed by atoms with Crippen molar-refractivity contribution in [3.8, 4) is 0 Å². The summed E-state index contributed by atoms with van der Waals surface area (Å²) in [5, 5.41) is 2.96. The van der Waals surface area contributed by atoms with E-state index in [1.165, 1.54) is 14.0 Å². The molecule has 0 aliphatic rings. The molecule has 0 aromatic heterocycles. The molecule has 0 spiro atoms. The minimum atomic E-state index is -0.358. The summed E-state index contributed by atoms with van der Waals surface area (Å²) in [5.41, 5.74) is 1.59. The summed E-state index contributed by atoms with van der Waals surface area (Å²) in [4.78, 5) is 22.8. The first-order valence-corrected chi connectivity index (χ1v) is 6.68. The first-order valence-electron chi connectivity index (χ1n) is 6.68. The van der Waals surface area contributed by atoms with Gasteiger partial charge in [-0.15, -0.1) is 0 Å². The zero-order valence-electron chi connectivity index (χ0n) is 12.8. The van der Waals surface area contributed by atoms with Crippen LogP contribution in [0, 0.1) is 5.41 Å². The number of hydrogen-bond donors (Lipinski definition) is 1. The Labute approximate surface area is 120 Å². The Hall–Kier alpha value is -1.84. The third-order valence-corrected chi connectivity index (χ3v) is 2.93. The van der Waals surface area contributed by atoms with Gasteiger partial charge in [-0.2, -0.15) is 0 Å². The van der Waals surface area contributed by atoms with Crippen molar-refractivity contribution >= 4 is 11.9 Å². The van der Waals surface area contributed by atoms with Crippen LogP contribution in [0.25, 0.3) is 0 Å². The molecule has 1 N–H and O–H groups in total. The number of hydrogen-bond acceptors (Lipinski definition) is 3. The van der Waals surface area contributed by atoms with Crippen LogP contribution in [-0.2, 0) is 9.53 Å². The highest BCUT2D eigenvalue weighted by molar-refractivity contribution is 5.89. The second-order valence-electron chi connectivity index (χ2n) is 6.13. The van der Waals surface area contributed by atoms with Crippen LogP contribution in [0.2, 0.25) is 0 Å². The number of amides is 1. The van der Waals surface area contributed by atoms with Gasteiger partial charge >= 0.3 is 5.97 Å². The number of esters is 1. The predicted molar refractivity (Wildman–Crippen MR) is 78.4 cm³/mol. The van der Waals surface area contributed by atoms with Gasteiger partial charge in [0.15, 0.2) is 0 Å². The van der Waals surface area contributed by atoms with E-state index in [1.807, 2.05) is 12.1 Å². The normalized spacial score (nSPS) is 12.7. The first kappa shape index (κ1) is 16.2. The van der Waals surface area contributed by atoms with E-state index in [-0.39, 0.29) is 23.3 Å². The maximum absolute atomic E-state index is 11.4. The summed E-state index contributed by atoms with van der Waals surface area (Å²) in [7, 11) is 1.36. The Kier molecular flexibility index (Phi) is 5.31. The molecule has 0 aliphatic heterocycles. The molecule has 1 rings (SSSR count). The van der Waals surface area contributed by atoms with Crippen molar-refractivity contribution in [3.05, 3.63) is 35.4 Å². The summed E-state index contributed by atoms with van der Waals surface area (Å²) in [6.07, 6.45) is 0.824. The number of methoxy groups -OCH3 is 1. The summed E-state index contributed by atoms with van der Waals surface area (Å²) in [6, 6.07) is 7.10. The number of nitrogens with one attached hydrogen (secondary N) is 1. The number of carbonyl (C=O) groups excluding carboxylic acids is 2. The van der Waals surface area contributed by atoms with Crippen molar-refractivity contribution in [2.24, 2.45) is 5.41 Å². The Morgan fingerprint density at radius 2 is 1.75 bits per heavy atom. The van der Waals surface area contributed by atoms with Gasteiger partial charge in [-0.3, -0.25) is 4.79 Å². The molecule has 1 atom stereocenters. The summed E-state index contributed by atoms with van der Waals surface area (Å²) in [6.45, 7) is 7.90. The Balaban J connectivity index is 2.96. The molecule has 1 aromatic carbocycles. The zero-order chi connectivity index (χ0) is 15.3. The molecule has 0 bridgehead atoms. The van der Waals surface area contributed by atoms with Crippen LogP contribution in [0.5, 0.6) is 0 Å². The Morgan fingerprint density at radius 3 is 2.15 bits per heavy atom. The number of rotatable bonds is 4. The lowest BCUT2D eigenvalue weighted by Gasteiger charge is -2.27. The smallest absolute Gasteiger partial charge is 0.337 e. The summed E-state index contributed by atoms with van der Waals surface area (Å²) < 4.78 is 4.67. The fourth-order valence-electron chi connectivity index (χ4n) is 2.08. The molecular weight excluding hydrogens is 254 g/mol. The highest BCUT2D eigenvalue weighted by Crippen LogP contribution is 2.29. The van der Waals surface area contributed by atoms with E-state index >= 15 is 0 Å². The van der Waals surface area contributed by atoms with Crippen molar-refractivity contribution in [3.63, 3.8) is 0 Å². The highest BCUT2D eigenvalue weighted by atomic mass is 16.5. The molecule has 0 aliphatic carbocycles. The average Bonchev–Trinajstić information content (AvgIpc) is 2.35. The van der Waals surface area contributed by atoms with Gasteiger partial charge in [-0.1, -0.05) is 32.9 Å². The monoisotopic (exact) mass is 277 g/mol. The summed E-state index contributed by atoms with van der Waals surface area (Å²) >= 11 is 0. The number of ether oxygens (including phenoxy) is 1. The lowest BCUT2D eigenvalue weighted by atomic mass is 9.85. The maximum Gasteiger partial charge on any atom is 0.337 e. The molecule has 20 heavy (non-hydrogen) atoms. The fraction of sp³-hybridized carbons (Fsp3) is 0.500. The van der Waals surface area contributed by atoms with E-state index in [0.29, 0.717) is 5.56 Å². The SMILES string of the molecule is COC(=O)c1ccc([C@H](CC(C)(C)C)NC(C)=O)cc1. The van der Waals surface area contributed by atoms with Crippen LogP contribution >= 0.6 is 0 Å². The quantitative estimate of drug-likeness (QED) is 0.860. The van der Waals surface area contributed by atoms with Crippen molar-refractivity contribution in [2.45, 2.75) is 40.2 Å². The third-order valence-electron chi connectivity index (χ3n) is 2.93. The van der Waals surface area contributed by atoms with E-state index in [4.69, 9.17) is 0 Å². The lowest BCUT2D eigenvalue weighted by molar-refractivity contribution is -0.119. The van der Waals surface area contributed by atoms with Crippen LogP contribution < -0.4 is 5.32 Å². The second-order valence-corrected chi connectivity index (χ2v) is 6.13. The molecule has 1 amide bonds. The first-order chi connectivity index (χ1) is 9.23. The van der Waals surface area contributed by atoms with E-state index in [0.717, 1.165) is 12.0 Å². The zero-order valence-corrected chi connectivity index (χ0v) is 12.8. The van der Waals surface area contributed by atoms with Crippen LogP contribution in [0.15, 0.2) is 24.3 Å². The van der Waals surface area contributed by atoms with Gasteiger partial charge in [-0.05, 0) is 29.5 Å². The lowest BCUT2D eigenvalue weighted by Crippen LogP contribution is -2.29. The Bertz CT molecular complexity index is 471. The van der Waals surface area contributed by atoms with E-state index in [2.05, 4.69) is 30.8 Å². The minimum absolute atomic E-state index is 0.0563. The number of benzene rings is 1. The third kappa shape index (κ3) is 5.03. The molecule has 1 aromatic rings. The van der Waals surface area contributed by atoms with Crippen LogP contribution in [0.3, 0.4) is 0 Å². The van der Waals surface area contributed by atoms with Gasteiger partial charge in [0.1, 0.15) is 0 Å². The molecular formula is C16H23NO3. The van der Waals surface area contributed by atoms with Gasteiger partial charge in [-0.25, -0.2) is 4.79 Å². The molecule has 0 radical (unpaired) electrons. The van der Waals surface area contributed by atoms with Gasteiger partial charge in [0, 0.05) is 6.92 Å². The van der Waals surface area contributed by atoms with Crippen LogP contribution in [0.4, 0.5) is 0 Å². The predicted octanol–water partition coefficient (Wildman–Crippen LogP) is 3.09. The Morgan fingerprint density at radius 1 is 1.20 bits per heavy atom. The van der Waals surface area contributed by atoms with Gasteiger partial charge < -0.3 is 10.1 Å². The topological polar surface area (TPSA) is 55.4 Å². The molecule has 0 saturated heterocycles. The molecule has 0 heterocycles. The molecule has 0 fully saturated rings. The summed E-state index contributed by atoms with van der Waals surface area (Å²) in [5.74, 6) is -0.417. The fourth-order valence-corrected chi connectivity index (χ4v) is 2.08. The van der Waals surface area contributed by atoms with Crippen molar-refractivity contribution < 1.29 is 14.3 Å². The van der Waals surface area contributed by atoms with Crippen molar-refractivity contribution in [1.29, 1.82) is 0 Å². The van der Waals surface area contributed by atoms with Crippen molar-refractivity contribution in [2.75, 3.05) is 7.11 Å². The standard InChI is InChI=1S/C16H23NO3/c1-11(18)17-14(10-16(2,3)4)12-6-8-13(9-7-12)15(19)20-5/h6-9,14H,10H2,1-5H3,(H,17,18)/t14-/m0/s1. The molecule has 4 heteroatoms. The van der Waals surface area contributed by atoms with Crippen LogP contribution in [0.1, 0.15) is 56.1 Å². The molecule has 110 valence electrons. The van der Waals surface area contributed by atoms with Gasteiger partial charge in [0.05, 0.1) is 18.7 Å². The van der Waals surface area contributed by atoms with Crippen molar-refractivity contribution in [1.82, 2.24) is 5.32 Å². The van der Waals surface area contributed by atoms with E-state index in [9.17, 15) is 9.59 Å². The molecule has 0 saturated carbocycles. The molecule has 4 nitrogen and oxygen atoms in total. The number of carbonyl (C=O) groups is 2.